The predicted molar refractivity (Wildman–Crippen MR) is 73.6 cm³/mol. The summed E-state index contributed by atoms with van der Waals surface area (Å²) in [5, 5.41) is 0. The number of aryl methyl sites for hydroxylation is 1. The summed E-state index contributed by atoms with van der Waals surface area (Å²) in [6.07, 6.45) is 1.78. The van der Waals surface area contributed by atoms with Crippen molar-refractivity contribution in [3.8, 4) is 11.4 Å². The van der Waals surface area contributed by atoms with Crippen molar-refractivity contribution in [1.82, 2.24) is 15.0 Å². The van der Waals surface area contributed by atoms with Crippen molar-refractivity contribution in [3.05, 3.63) is 47.7 Å². The van der Waals surface area contributed by atoms with Crippen LogP contribution in [0.5, 0.6) is 0 Å². The molecular formula is C14H12ClN3. The average molecular weight is 258 g/mol. The third-order valence-corrected chi connectivity index (χ3v) is 3.26. The van der Waals surface area contributed by atoms with Crippen LogP contribution in [0.4, 0.5) is 0 Å². The average Bonchev–Trinajstić information content (AvgIpc) is 2.84. The fraction of sp³-hybridized carbons (Fsp3) is 0.143. The first-order valence-corrected chi connectivity index (χ1v) is 6.28. The van der Waals surface area contributed by atoms with Gasteiger partial charge in [-0.2, -0.15) is 0 Å². The Morgan fingerprint density at radius 2 is 2.17 bits per heavy atom. The number of hydrogen-bond donors (Lipinski definition) is 1. The van der Waals surface area contributed by atoms with Crippen molar-refractivity contribution in [2.45, 2.75) is 12.8 Å². The molecule has 3 rings (SSSR count). The molecule has 0 saturated heterocycles. The number of nitrogens with zero attached hydrogens (tertiary/aromatic N) is 2. The topological polar surface area (TPSA) is 41.6 Å². The van der Waals surface area contributed by atoms with Crippen LogP contribution in [0.1, 0.15) is 11.1 Å². The van der Waals surface area contributed by atoms with Gasteiger partial charge in [0.05, 0.1) is 5.52 Å². The van der Waals surface area contributed by atoms with Crippen molar-refractivity contribution in [3.63, 3.8) is 0 Å². The highest BCUT2D eigenvalue weighted by Gasteiger charge is 2.07. The molecule has 0 amide bonds. The van der Waals surface area contributed by atoms with E-state index >= 15 is 0 Å². The monoisotopic (exact) mass is 257 g/mol. The van der Waals surface area contributed by atoms with Crippen molar-refractivity contribution >= 4 is 22.8 Å². The van der Waals surface area contributed by atoms with E-state index in [2.05, 4.69) is 15.0 Å². The number of H-pyrrole nitrogens is 1. The van der Waals surface area contributed by atoms with E-state index in [4.69, 9.17) is 11.6 Å². The molecule has 0 aliphatic rings. The standard InChI is InChI=1S/C14H12ClN3/c1-9-5-6-16-14-12(9)17-13(18-14)11-4-2-3-10(7-11)8-15/h2-7H,8H2,1H3,(H,16,17,18). The summed E-state index contributed by atoms with van der Waals surface area (Å²) in [5.74, 6) is 1.34. The van der Waals surface area contributed by atoms with Gasteiger partial charge in [0.25, 0.3) is 0 Å². The Morgan fingerprint density at radius 1 is 1.28 bits per heavy atom. The number of hydrogen-bond acceptors (Lipinski definition) is 2. The number of halogens is 1. The van der Waals surface area contributed by atoms with Crippen molar-refractivity contribution in [2.24, 2.45) is 0 Å². The summed E-state index contributed by atoms with van der Waals surface area (Å²) < 4.78 is 0. The second-order valence-corrected chi connectivity index (χ2v) is 4.51. The lowest BCUT2D eigenvalue weighted by Gasteiger charge is -1.99. The maximum Gasteiger partial charge on any atom is 0.178 e. The first-order chi connectivity index (χ1) is 8.78. The summed E-state index contributed by atoms with van der Waals surface area (Å²) in [7, 11) is 0. The number of imidazole rings is 1. The second kappa shape index (κ2) is 4.42. The largest absolute Gasteiger partial charge is 0.336 e. The van der Waals surface area contributed by atoms with Gasteiger partial charge in [0.1, 0.15) is 5.82 Å². The summed E-state index contributed by atoms with van der Waals surface area (Å²) >= 11 is 5.85. The van der Waals surface area contributed by atoms with E-state index in [1.807, 2.05) is 37.3 Å². The van der Waals surface area contributed by atoms with Crippen LogP contribution in [0.25, 0.3) is 22.6 Å². The lowest BCUT2D eigenvalue weighted by atomic mass is 10.1. The molecule has 1 aromatic carbocycles. The third-order valence-electron chi connectivity index (χ3n) is 2.96. The van der Waals surface area contributed by atoms with E-state index < -0.39 is 0 Å². The van der Waals surface area contributed by atoms with E-state index in [0.29, 0.717) is 5.88 Å². The van der Waals surface area contributed by atoms with Gasteiger partial charge in [-0.1, -0.05) is 18.2 Å². The fourth-order valence-electron chi connectivity index (χ4n) is 1.97. The molecule has 0 spiro atoms. The first-order valence-electron chi connectivity index (χ1n) is 5.74. The highest BCUT2D eigenvalue weighted by atomic mass is 35.5. The predicted octanol–water partition coefficient (Wildman–Crippen LogP) is 3.67. The van der Waals surface area contributed by atoms with Crippen molar-refractivity contribution < 1.29 is 0 Å². The molecule has 3 aromatic rings. The lowest BCUT2D eigenvalue weighted by Crippen LogP contribution is -1.83. The molecule has 18 heavy (non-hydrogen) atoms. The molecule has 90 valence electrons. The Hall–Kier alpha value is -1.87. The molecule has 0 bridgehead atoms. The van der Waals surface area contributed by atoms with Crippen LogP contribution in [-0.2, 0) is 5.88 Å². The Labute approximate surface area is 110 Å². The quantitative estimate of drug-likeness (QED) is 0.712. The van der Waals surface area contributed by atoms with Gasteiger partial charge in [0, 0.05) is 17.6 Å². The van der Waals surface area contributed by atoms with Gasteiger partial charge in [0.2, 0.25) is 0 Å². The third kappa shape index (κ3) is 1.87. The summed E-state index contributed by atoms with van der Waals surface area (Å²) in [4.78, 5) is 12.1. The van der Waals surface area contributed by atoms with E-state index in [9.17, 15) is 0 Å². The zero-order valence-electron chi connectivity index (χ0n) is 9.94. The van der Waals surface area contributed by atoms with Crippen molar-refractivity contribution in [2.75, 3.05) is 0 Å². The smallest absolute Gasteiger partial charge is 0.178 e. The Balaban J connectivity index is 2.16. The number of nitrogens with one attached hydrogen (secondary N) is 1. The maximum absolute atomic E-state index is 5.85. The molecule has 0 aliphatic carbocycles. The molecule has 4 heteroatoms. The van der Waals surface area contributed by atoms with Gasteiger partial charge in [-0.25, -0.2) is 9.97 Å². The zero-order chi connectivity index (χ0) is 12.5. The number of pyridine rings is 1. The molecule has 3 nitrogen and oxygen atoms in total. The first kappa shape index (κ1) is 11.2. The number of fused-ring (bicyclic) bond motifs is 1. The SMILES string of the molecule is Cc1ccnc2nc(-c3cccc(CCl)c3)[nH]c12. The molecule has 2 aromatic heterocycles. The van der Waals surface area contributed by atoms with Crippen LogP contribution >= 0.6 is 11.6 Å². The van der Waals surface area contributed by atoms with Crippen LogP contribution in [-0.4, -0.2) is 15.0 Å². The van der Waals surface area contributed by atoms with Gasteiger partial charge >= 0.3 is 0 Å². The van der Waals surface area contributed by atoms with Crippen LogP contribution in [0.3, 0.4) is 0 Å². The van der Waals surface area contributed by atoms with Gasteiger partial charge in [0.15, 0.2) is 5.65 Å². The lowest BCUT2D eigenvalue weighted by molar-refractivity contribution is 1.29. The number of aromatic amines is 1. The second-order valence-electron chi connectivity index (χ2n) is 4.25. The Bertz CT molecular complexity index is 703. The van der Waals surface area contributed by atoms with Gasteiger partial charge in [-0.15, -0.1) is 11.6 Å². The minimum Gasteiger partial charge on any atom is -0.336 e. The normalized spacial score (nSPS) is 11.0. The van der Waals surface area contributed by atoms with Gasteiger partial charge in [-0.3, -0.25) is 0 Å². The van der Waals surface area contributed by atoms with E-state index in [1.165, 1.54) is 0 Å². The van der Waals surface area contributed by atoms with Crippen molar-refractivity contribution in [1.29, 1.82) is 0 Å². The van der Waals surface area contributed by atoms with Crippen LogP contribution < -0.4 is 0 Å². The van der Waals surface area contributed by atoms with Gasteiger partial charge < -0.3 is 4.98 Å². The van der Waals surface area contributed by atoms with E-state index in [1.54, 1.807) is 6.20 Å². The molecule has 2 heterocycles. The maximum atomic E-state index is 5.85. The summed E-state index contributed by atoms with van der Waals surface area (Å²) in [6, 6.07) is 10.0. The highest BCUT2D eigenvalue weighted by molar-refractivity contribution is 6.17. The number of benzene rings is 1. The highest BCUT2D eigenvalue weighted by Crippen LogP contribution is 2.22. The number of rotatable bonds is 2. The zero-order valence-corrected chi connectivity index (χ0v) is 10.7. The summed E-state index contributed by atoms with van der Waals surface area (Å²) in [6.45, 7) is 2.04. The molecule has 0 atom stereocenters. The van der Waals surface area contributed by atoms with Gasteiger partial charge in [-0.05, 0) is 30.2 Å². The molecule has 0 aliphatic heterocycles. The van der Waals surface area contributed by atoms with E-state index in [-0.39, 0.29) is 0 Å². The van der Waals surface area contributed by atoms with E-state index in [0.717, 1.165) is 33.7 Å². The van der Waals surface area contributed by atoms with Crippen LogP contribution in [0, 0.1) is 6.92 Å². The number of alkyl halides is 1. The molecular weight excluding hydrogens is 246 g/mol. The molecule has 0 unspecified atom stereocenters. The molecule has 0 saturated carbocycles. The fourth-order valence-corrected chi connectivity index (χ4v) is 2.14. The number of aromatic nitrogens is 3. The minimum atomic E-state index is 0.505. The van der Waals surface area contributed by atoms with Crippen LogP contribution in [0.2, 0.25) is 0 Å². The molecule has 0 radical (unpaired) electrons. The van der Waals surface area contributed by atoms with Crippen LogP contribution in [0.15, 0.2) is 36.5 Å². The Morgan fingerprint density at radius 3 is 2.94 bits per heavy atom. The Kier molecular flexibility index (Phi) is 2.76. The molecule has 0 fully saturated rings. The summed E-state index contributed by atoms with van der Waals surface area (Å²) in [5.41, 5.74) is 5.00. The molecule has 1 N–H and O–H groups in total. The minimum absolute atomic E-state index is 0.505.